The number of aromatic hydroxyl groups is 1. The molecular weight excluding hydrogens is 1340 g/mol. The first-order valence-corrected chi connectivity index (χ1v) is 33.7. The molecule has 4 aromatic rings. The smallest absolute Gasteiger partial charge is 0.350 e. The third kappa shape index (κ3) is 18.0. The van der Waals surface area contributed by atoms with Gasteiger partial charge in [-0.05, 0) is 111 Å². The highest BCUT2D eigenvalue weighted by Gasteiger charge is 2.78. The summed E-state index contributed by atoms with van der Waals surface area (Å²) in [7, 11) is 0. The molecule has 2 saturated carbocycles. The SMILES string of the molecule is CC(=O)O[C@H]1C(=O)[C@@]2(C)[C@H]([C@H](OC(=O)c3ccccc3)[C@]3(O)C[C@H](OC(=O)[C@H](OC(=O)CCC(=O)NCCCCC(NC(=O)CC[C@H](NC(=O)C(C)NC(=O)/C=C/c4ccc(O)cc4)C(N)=O)C(N)=O)[C@H](NC(=O)c4ccccc4)c4ccccc4)C(C)=C1C3(C)C)[C@]1(OC(C)=O)CO[C@@H]1C[C@@H]2O. The quantitative estimate of drug-likeness (QED) is 0.0118. The minimum Gasteiger partial charge on any atom is -0.508 e. The standard InChI is InChI=1S/C74H87N7O22/c1-40-51(38-74(97)64(102-69(95)47-23-15-10-16-24-47)62-72(7,52(85)37-53-73(62,39-98-53)103-43(4)83)63(90)60(99-42(3)82)58(40)71(74,5)6)100-70(96)61(59(45-19-11-8-12-20-45)81-68(94)46-21-13-9-14-22-46)101-57(89)35-34-54(86)77-36-18-17-25-49(65(75)91)79-56(88)33-31-50(66(76)92)80-67(93)41(2)78-55(87)32-28-44-26-29-48(84)30-27-44/h8-16,19-24,26-30,32,41,49-53,59-62,64,84-85,97H,17-18,25,31,33-39H2,1-7H3,(H2,75,91)(H2,76,92)(H,77,86)(H,78,87)(H,79,88)(H,80,93)(H,81,94)/b32-28+/t41?,49?,50-,51-,52-,53+,59+,60+,61+,62-,64-,72+,73-,74+/m0/s1. The van der Waals surface area contributed by atoms with E-state index in [-0.39, 0.29) is 72.2 Å². The molecule has 1 saturated heterocycles. The molecule has 29 heteroatoms. The average molecular weight is 1430 g/mol. The number of aliphatic hydroxyl groups is 2. The van der Waals surface area contributed by atoms with Gasteiger partial charge in [-0.1, -0.05) is 92.7 Å². The highest BCUT2D eigenvalue weighted by molar-refractivity contribution is 5.98. The first-order valence-electron chi connectivity index (χ1n) is 33.7. The summed E-state index contributed by atoms with van der Waals surface area (Å²) in [4.78, 5) is 178. The van der Waals surface area contributed by atoms with E-state index in [2.05, 4.69) is 26.6 Å². The van der Waals surface area contributed by atoms with Crippen molar-refractivity contribution in [2.75, 3.05) is 13.2 Å². The van der Waals surface area contributed by atoms with Gasteiger partial charge in [-0.3, -0.25) is 52.7 Å². The zero-order chi connectivity index (χ0) is 75.3. The number of primary amides is 2. The van der Waals surface area contributed by atoms with Crippen LogP contribution < -0.4 is 38.1 Å². The van der Waals surface area contributed by atoms with Crippen LogP contribution in [0.1, 0.15) is 144 Å². The number of phenols is 1. The molecule has 1 heterocycles. The number of hydrogen-bond acceptors (Lipinski definition) is 22. The van der Waals surface area contributed by atoms with E-state index in [1.807, 2.05) is 0 Å². The van der Waals surface area contributed by atoms with Crippen molar-refractivity contribution < 1.29 is 106 Å². The van der Waals surface area contributed by atoms with E-state index in [1.165, 1.54) is 89.2 Å². The first kappa shape index (κ1) is 78.1. The summed E-state index contributed by atoms with van der Waals surface area (Å²) in [5.74, 6) is -13.4. The highest BCUT2D eigenvalue weighted by atomic mass is 16.6. The summed E-state index contributed by atoms with van der Waals surface area (Å²) in [6.45, 7) is 8.88. The van der Waals surface area contributed by atoms with Crippen molar-refractivity contribution in [2.24, 2.45) is 28.2 Å². The van der Waals surface area contributed by atoms with Crippen molar-refractivity contribution in [1.82, 2.24) is 26.6 Å². The van der Waals surface area contributed by atoms with Gasteiger partial charge in [0.1, 0.15) is 53.8 Å². The molecule has 4 aliphatic rings. The van der Waals surface area contributed by atoms with Crippen LogP contribution in [-0.2, 0) is 81.2 Å². The fraction of sp³-hybridized carbons (Fsp3) is 0.446. The second-order valence-electron chi connectivity index (χ2n) is 26.8. The minimum atomic E-state index is -2.57. The number of unbranched alkanes of at least 4 members (excludes halogenated alkanes) is 1. The van der Waals surface area contributed by atoms with Crippen molar-refractivity contribution in [3.05, 3.63) is 155 Å². The van der Waals surface area contributed by atoms with Crippen molar-refractivity contribution in [2.45, 2.75) is 178 Å². The van der Waals surface area contributed by atoms with Crippen LogP contribution in [0.2, 0.25) is 0 Å². The number of ketones is 1. The fourth-order valence-corrected chi connectivity index (χ4v) is 14.0. The second kappa shape index (κ2) is 33.4. The van der Waals surface area contributed by atoms with Crippen molar-refractivity contribution in [3.8, 4) is 5.75 Å². The fourth-order valence-electron chi connectivity index (χ4n) is 14.0. The molecule has 7 amide bonds. The van der Waals surface area contributed by atoms with E-state index in [1.54, 1.807) is 66.7 Å². The van der Waals surface area contributed by atoms with E-state index in [4.69, 9.17) is 39.9 Å². The van der Waals surface area contributed by atoms with Crippen LogP contribution in [0.25, 0.3) is 6.08 Å². The minimum absolute atomic E-state index is 0.00299. The largest absolute Gasteiger partial charge is 0.508 e. The normalized spacial score (nSPS) is 24.5. The number of nitrogens with two attached hydrogens (primary N) is 2. The molecule has 550 valence electrons. The van der Waals surface area contributed by atoms with Crippen LogP contribution in [0.3, 0.4) is 0 Å². The van der Waals surface area contributed by atoms with Gasteiger partial charge >= 0.3 is 29.8 Å². The van der Waals surface area contributed by atoms with Crippen molar-refractivity contribution in [1.29, 1.82) is 0 Å². The number of benzene rings is 4. The Morgan fingerprint density at radius 2 is 1.32 bits per heavy atom. The van der Waals surface area contributed by atoms with E-state index >= 15 is 9.59 Å². The number of fused-ring (bicyclic) bond motifs is 5. The summed E-state index contributed by atoms with van der Waals surface area (Å²) in [6.07, 6.45) is -10.4. The Morgan fingerprint density at radius 3 is 1.91 bits per heavy atom. The molecule has 0 spiro atoms. The number of carbonyl (C=O) groups excluding carboxylic acids is 13. The zero-order valence-electron chi connectivity index (χ0n) is 58.0. The Balaban J connectivity index is 0.982. The number of ether oxygens (including phenoxy) is 6. The molecule has 14 atom stereocenters. The lowest BCUT2D eigenvalue weighted by Crippen LogP contribution is -2.82. The predicted octanol–water partition coefficient (Wildman–Crippen LogP) is 3.00. The molecular formula is C74H87N7O22. The van der Waals surface area contributed by atoms with E-state index in [0.717, 1.165) is 19.9 Å². The van der Waals surface area contributed by atoms with Gasteiger partial charge in [0.2, 0.25) is 41.5 Å². The van der Waals surface area contributed by atoms with Crippen molar-refractivity contribution >= 4 is 83.1 Å². The Kier molecular flexibility index (Phi) is 25.3. The number of rotatable bonds is 30. The predicted molar refractivity (Wildman–Crippen MR) is 364 cm³/mol. The summed E-state index contributed by atoms with van der Waals surface area (Å²) in [5.41, 5.74) is 3.47. The maximum atomic E-state index is 15.9. The number of esters is 5. The van der Waals surface area contributed by atoms with Gasteiger partial charge in [0.15, 0.2) is 17.5 Å². The van der Waals surface area contributed by atoms with Gasteiger partial charge in [-0.25, -0.2) is 9.59 Å². The van der Waals surface area contributed by atoms with Gasteiger partial charge in [0.05, 0.1) is 36.0 Å². The Bertz CT molecular complexity index is 3930. The van der Waals surface area contributed by atoms with Crippen LogP contribution in [-0.4, -0.2) is 171 Å². The monoisotopic (exact) mass is 1430 g/mol. The molecule has 4 aromatic carbocycles. The molecule has 12 N–H and O–H groups in total. The Labute approximate surface area is 593 Å². The van der Waals surface area contributed by atoms with Crippen LogP contribution in [0, 0.1) is 16.7 Å². The summed E-state index contributed by atoms with van der Waals surface area (Å²) < 4.78 is 37.0. The molecule has 8 rings (SSSR count). The molecule has 29 nitrogen and oxygen atoms in total. The van der Waals surface area contributed by atoms with E-state index in [9.17, 15) is 68.1 Å². The molecule has 0 radical (unpaired) electrons. The van der Waals surface area contributed by atoms with E-state index < -0.39 is 198 Å². The second-order valence-corrected chi connectivity index (χ2v) is 26.8. The lowest BCUT2D eigenvalue weighted by molar-refractivity contribution is -0.346. The lowest BCUT2D eigenvalue weighted by Gasteiger charge is -2.67. The Hall–Kier alpha value is -10.7. The van der Waals surface area contributed by atoms with Crippen LogP contribution in [0.4, 0.5) is 0 Å². The lowest BCUT2D eigenvalue weighted by atomic mass is 9.44. The molecule has 2 unspecified atom stereocenters. The number of Topliss-reactive ketones (excluding diaryl/α,β-unsaturated/α-hetero) is 1. The molecule has 3 aliphatic carbocycles. The van der Waals surface area contributed by atoms with Gasteiger partial charge < -0.3 is 81.8 Å². The maximum absolute atomic E-state index is 15.9. The molecule has 3 fully saturated rings. The third-order valence-corrected chi connectivity index (χ3v) is 19.6. The number of carbonyl (C=O) groups is 13. The number of hydrogen-bond donors (Lipinski definition) is 10. The number of aliphatic hydroxyl groups excluding tert-OH is 1. The summed E-state index contributed by atoms with van der Waals surface area (Å²) in [5, 5.41) is 48.7. The Morgan fingerprint density at radius 1 is 0.709 bits per heavy atom. The van der Waals surface area contributed by atoms with Crippen LogP contribution >= 0.6 is 0 Å². The van der Waals surface area contributed by atoms with Gasteiger partial charge in [-0.15, -0.1) is 0 Å². The summed E-state index contributed by atoms with van der Waals surface area (Å²) in [6, 6.07) is 24.0. The summed E-state index contributed by atoms with van der Waals surface area (Å²) >= 11 is 0. The molecule has 2 bridgehead atoms. The third-order valence-electron chi connectivity index (χ3n) is 19.6. The van der Waals surface area contributed by atoms with Crippen LogP contribution in [0.5, 0.6) is 5.75 Å². The van der Waals surface area contributed by atoms with Gasteiger partial charge in [0, 0.05) is 63.1 Å². The van der Waals surface area contributed by atoms with E-state index in [0.29, 0.717) is 5.56 Å². The molecule has 0 aromatic heterocycles. The number of nitrogens with one attached hydrogen (secondary N) is 5. The highest BCUT2D eigenvalue weighted by Crippen LogP contribution is 2.64. The number of amides is 7. The van der Waals surface area contributed by atoms with Crippen LogP contribution in [0.15, 0.2) is 132 Å². The van der Waals surface area contributed by atoms with Gasteiger partial charge in [0.25, 0.3) is 5.91 Å². The molecule has 103 heavy (non-hydrogen) atoms. The molecule has 1 aliphatic heterocycles. The maximum Gasteiger partial charge on any atom is 0.350 e. The average Bonchev–Trinajstić information content (AvgIpc) is 0.669. The number of phenolic OH excluding ortho intramolecular Hbond substituents is 1. The zero-order valence-corrected chi connectivity index (χ0v) is 58.0. The van der Waals surface area contributed by atoms with Crippen molar-refractivity contribution in [3.63, 3.8) is 0 Å². The first-order chi connectivity index (χ1) is 48.7. The van der Waals surface area contributed by atoms with Gasteiger partial charge in [-0.2, -0.15) is 0 Å². The topological polar surface area (TPSA) is 450 Å².